The summed E-state index contributed by atoms with van der Waals surface area (Å²) in [7, 11) is 1.58. The van der Waals surface area contributed by atoms with Crippen LogP contribution in [0.4, 0.5) is 4.39 Å². The van der Waals surface area contributed by atoms with Crippen LogP contribution >= 0.6 is 11.8 Å². The van der Waals surface area contributed by atoms with E-state index in [-0.39, 0.29) is 5.92 Å². The number of methoxy groups -OCH3 is 1. The lowest BCUT2D eigenvalue weighted by atomic mass is 9.81. The van der Waals surface area contributed by atoms with Gasteiger partial charge in [-0.25, -0.2) is 4.39 Å². The van der Waals surface area contributed by atoms with Gasteiger partial charge in [-0.2, -0.15) is 0 Å². The van der Waals surface area contributed by atoms with Crippen molar-refractivity contribution in [1.82, 2.24) is 9.88 Å². The maximum absolute atomic E-state index is 15.3. The average Bonchev–Trinajstić information content (AvgIpc) is 3.38. The highest BCUT2D eigenvalue weighted by molar-refractivity contribution is 7.99. The van der Waals surface area contributed by atoms with Crippen molar-refractivity contribution in [2.24, 2.45) is 11.8 Å². The Hall–Kier alpha value is -2.58. The van der Waals surface area contributed by atoms with Gasteiger partial charge < -0.3 is 19.2 Å². The number of carbonyl (C=O) groups is 1. The van der Waals surface area contributed by atoms with Crippen LogP contribution < -0.4 is 4.74 Å². The Bertz CT molecular complexity index is 1080. The Morgan fingerprint density at radius 3 is 3.03 bits per heavy atom. The molecule has 1 saturated heterocycles. The molecular formula is C26H31FN2O4S. The molecule has 0 aliphatic carbocycles. The second kappa shape index (κ2) is 11.7. The van der Waals surface area contributed by atoms with Crippen LogP contribution in [-0.4, -0.2) is 53.5 Å². The molecule has 1 unspecified atom stereocenters. The summed E-state index contributed by atoms with van der Waals surface area (Å²) in [4.78, 5) is 19.7. The molecule has 1 aromatic carbocycles. The van der Waals surface area contributed by atoms with Crippen molar-refractivity contribution in [2.45, 2.75) is 36.8 Å². The number of piperidine rings is 1. The molecule has 3 heterocycles. The van der Waals surface area contributed by atoms with Gasteiger partial charge in [0.05, 0.1) is 24.8 Å². The number of aliphatic carboxylic acids is 1. The number of rotatable bonds is 11. The highest BCUT2D eigenvalue weighted by atomic mass is 32.2. The van der Waals surface area contributed by atoms with Gasteiger partial charge in [-0.05, 0) is 86.3 Å². The largest absolute Gasteiger partial charge is 0.497 e. The highest BCUT2D eigenvalue weighted by Crippen LogP contribution is 2.35. The maximum Gasteiger partial charge on any atom is 0.308 e. The fraction of sp³-hybridized carbons (Fsp3) is 0.462. The van der Waals surface area contributed by atoms with Gasteiger partial charge in [0.15, 0.2) is 0 Å². The summed E-state index contributed by atoms with van der Waals surface area (Å²) in [6.45, 7) is 2.26. The zero-order valence-electron chi connectivity index (χ0n) is 19.4. The van der Waals surface area contributed by atoms with Crippen molar-refractivity contribution in [3.63, 3.8) is 0 Å². The van der Waals surface area contributed by atoms with Gasteiger partial charge in [0.1, 0.15) is 18.2 Å². The van der Waals surface area contributed by atoms with E-state index >= 15 is 4.39 Å². The van der Waals surface area contributed by atoms with Gasteiger partial charge in [-0.15, -0.1) is 11.8 Å². The van der Waals surface area contributed by atoms with Gasteiger partial charge in [-0.1, -0.05) is 0 Å². The molecule has 2 aromatic heterocycles. The van der Waals surface area contributed by atoms with E-state index in [9.17, 15) is 9.90 Å². The van der Waals surface area contributed by atoms with Crippen LogP contribution in [0.5, 0.6) is 5.75 Å². The summed E-state index contributed by atoms with van der Waals surface area (Å²) in [5.41, 5.74) is 1.31. The fourth-order valence-corrected chi connectivity index (χ4v) is 5.56. The number of hydrogen-bond donors (Lipinski definition) is 1. The summed E-state index contributed by atoms with van der Waals surface area (Å²) in [5.74, 6) is 0.366. The van der Waals surface area contributed by atoms with Crippen LogP contribution in [0.1, 0.15) is 37.4 Å². The number of alkyl halides is 1. The number of thioether (sulfide) groups is 1. The third kappa shape index (κ3) is 6.10. The molecule has 8 heteroatoms. The first-order chi connectivity index (χ1) is 16.5. The van der Waals surface area contributed by atoms with E-state index in [2.05, 4.69) is 9.88 Å². The Kier molecular flexibility index (Phi) is 8.45. The summed E-state index contributed by atoms with van der Waals surface area (Å²) in [5, 5.41) is 10.6. The molecule has 1 aliphatic rings. The number of pyridine rings is 1. The van der Waals surface area contributed by atoms with E-state index in [4.69, 9.17) is 9.15 Å². The SMILES string of the molecule is COc1ccc2nccc(C(F)CC[C@@H]3CCN(CCCSc4ccoc4)C[C@@H]3C(=O)O)c2c1. The number of carboxylic acids is 1. The molecule has 1 aliphatic heterocycles. The van der Waals surface area contributed by atoms with Crippen LogP contribution in [0.25, 0.3) is 10.9 Å². The van der Waals surface area contributed by atoms with Crippen LogP contribution in [0.15, 0.2) is 58.4 Å². The minimum Gasteiger partial charge on any atom is -0.497 e. The van der Waals surface area contributed by atoms with Crippen LogP contribution in [0.2, 0.25) is 0 Å². The zero-order valence-corrected chi connectivity index (χ0v) is 20.2. The van der Waals surface area contributed by atoms with Gasteiger partial charge in [0.2, 0.25) is 0 Å². The summed E-state index contributed by atoms with van der Waals surface area (Å²) < 4.78 is 25.7. The number of nitrogens with zero attached hydrogens (tertiary/aromatic N) is 2. The molecule has 34 heavy (non-hydrogen) atoms. The molecule has 4 rings (SSSR count). The lowest BCUT2D eigenvalue weighted by molar-refractivity contribution is -0.146. The summed E-state index contributed by atoms with van der Waals surface area (Å²) in [6, 6.07) is 9.11. The monoisotopic (exact) mass is 486 g/mol. The average molecular weight is 487 g/mol. The molecule has 0 amide bonds. The lowest BCUT2D eigenvalue weighted by Crippen LogP contribution is -2.44. The third-order valence-corrected chi connectivity index (χ3v) is 7.71. The van der Waals surface area contributed by atoms with Crippen molar-refractivity contribution in [2.75, 3.05) is 32.5 Å². The summed E-state index contributed by atoms with van der Waals surface area (Å²) in [6.07, 6.45) is 6.47. The van der Waals surface area contributed by atoms with E-state index in [1.807, 2.05) is 24.3 Å². The predicted molar refractivity (Wildman–Crippen MR) is 131 cm³/mol. The standard InChI is InChI=1S/C26H31FN2O4S/c1-32-19-4-6-25-22(15-19)21(7-10-28-25)24(27)5-3-18-8-12-29(16-23(18)26(30)31)11-2-14-34-20-9-13-33-17-20/h4,6-7,9-10,13,15,17-18,23-24H,2-3,5,8,11-12,14,16H2,1H3,(H,30,31)/t18-,23+,24?/m1/s1. The van der Waals surface area contributed by atoms with E-state index in [0.717, 1.165) is 47.5 Å². The lowest BCUT2D eigenvalue weighted by Gasteiger charge is -2.36. The molecule has 182 valence electrons. The quantitative estimate of drug-likeness (QED) is 0.270. The molecular weight excluding hydrogens is 455 g/mol. The van der Waals surface area contributed by atoms with Crippen molar-refractivity contribution in [3.05, 3.63) is 54.6 Å². The molecule has 1 N–H and O–H groups in total. The van der Waals surface area contributed by atoms with Crippen LogP contribution in [0, 0.1) is 11.8 Å². The molecule has 0 saturated carbocycles. The molecule has 1 fully saturated rings. The zero-order chi connectivity index (χ0) is 23.9. The predicted octanol–water partition coefficient (Wildman–Crippen LogP) is 5.83. The fourth-order valence-electron chi connectivity index (χ4n) is 4.77. The molecule has 0 bridgehead atoms. The first-order valence-corrected chi connectivity index (χ1v) is 12.7. The minimum atomic E-state index is -1.18. The topological polar surface area (TPSA) is 75.8 Å². The number of benzene rings is 1. The summed E-state index contributed by atoms with van der Waals surface area (Å²) >= 11 is 1.74. The number of hydrogen-bond acceptors (Lipinski definition) is 6. The van der Waals surface area contributed by atoms with Gasteiger partial charge in [0.25, 0.3) is 0 Å². The molecule has 6 nitrogen and oxygen atoms in total. The minimum absolute atomic E-state index is 0.0186. The first-order valence-electron chi connectivity index (χ1n) is 11.7. The Morgan fingerprint density at radius 1 is 1.38 bits per heavy atom. The number of furan rings is 1. The van der Waals surface area contributed by atoms with Crippen molar-refractivity contribution >= 4 is 28.6 Å². The molecule has 0 spiro atoms. The number of carboxylic acid groups (broad SMARTS) is 1. The van der Waals surface area contributed by atoms with Crippen molar-refractivity contribution < 1.29 is 23.4 Å². The Morgan fingerprint density at radius 2 is 2.26 bits per heavy atom. The number of ether oxygens (including phenoxy) is 1. The van der Waals surface area contributed by atoms with Crippen LogP contribution in [0.3, 0.4) is 0 Å². The third-order valence-electron chi connectivity index (χ3n) is 6.65. The van der Waals surface area contributed by atoms with E-state index in [1.165, 1.54) is 0 Å². The number of aromatic nitrogens is 1. The molecule has 0 radical (unpaired) electrons. The van der Waals surface area contributed by atoms with Crippen molar-refractivity contribution in [3.8, 4) is 5.75 Å². The van der Waals surface area contributed by atoms with Crippen LogP contribution in [-0.2, 0) is 4.79 Å². The number of likely N-dealkylation sites (tertiary alicyclic amines) is 1. The van der Waals surface area contributed by atoms with Gasteiger partial charge in [-0.3, -0.25) is 9.78 Å². The van der Waals surface area contributed by atoms with Gasteiger partial charge >= 0.3 is 5.97 Å². The van der Waals surface area contributed by atoms with Gasteiger partial charge in [0, 0.05) is 23.0 Å². The Labute approximate surface area is 203 Å². The number of fused-ring (bicyclic) bond motifs is 1. The molecule has 3 aromatic rings. The second-order valence-electron chi connectivity index (χ2n) is 8.78. The molecule has 3 atom stereocenters. The second-order valence-corrected chi connectivity index (χ2v) is 9.95. The maximum atomic E-state index is 15.3. The highest BCUT2D eigenvalue weighted by Gasteiger charge is 2.34. The Balaban J connectivity index is 1.31. The van der Waals surface area contributed by atoms with Crippen molar-refractivity contribution in [1.29, 1.82) is 0 Å². The first kappa shape index (κ1) is 24.5. The smallest absolute Gasteiger partial charge is 0.308 e. The van der Waals surface area contributed by atoms with E-state index < -0.39 is 18.1 Å². The van der Waals surface area contributed by atoms with E-state index in [1.54, 1.807) is 43.7 Å². The van der Waals surface area contributed by atoms with E-state index in [0.29, 0.717) is 30.7 Å². The number of halogens is 1. The normalized spacial score (nSPS) is 19.8.